The van der Waals surface area contributed by atoms with Crippen molar-refractivity contribution in [1.29, 1.82) is 0 Å². The monoisotopic (exact) mass is 281 g/mol. The van der Waals surface area contributed by atoms with E-state index in [1.54, 1.807) is 24.3 Å². The fraction of sp³-hybridized carbons (Fsp3) is 0.231. The van der Waals surface area contributed by atoms with E-state index >= 15 is 0 Å². The lowest BCUT2D eigenvalue weighted by atomic mass is 9.95. The Morgan fingerprint density at radius 2 is 1.63 bits per heavy atom. The van der Waals surface area contributed by atoms with Gasteiger partial charge in [0.15, 0.2) is 11.6 Å². The summed E-state index contributed by atoms with van der Waals surface area (Å²) in [4.78, 5) is 33.2. The third kappa shape index (κ3) is 3.99. The molecule has 100 valence electrons. The zero-order valence-electron chi connectivity index (χ0n) is 10.5. The van der Waals surface area contributed by atoms with Crippen LogP contribution < -0.4 is 0 Å². The summed E-state index contributed by atoms with van der Waals surface area (Å²) in [6, 6.07) is 6.20. The van der Waals surface area contributed by atoms with Crippen molar-refractivity contribution in [3.63, 3.8) is 0 Å². The summed E-state index contributed by atoms with van der Waals surface area (Å²) in [5.41, 5.74) is 0.419. The summed E-state index contributed by atoms with van der Waals surface area (Å²) in [7, 11) is 0. The van der Waals surface area contributed by atoms with Gasteiger partial charge in [0.2, 0.25) is 6.54 Å². The molecule has 0 aliphatic rings. The number of nitro groups is 1. The van der Waals surface area contributed by atoms with Gasteiger partial charge in [0.05, 0.1) is 5.57 Å². The maximum absolute atomic E-state index is 11.5. The lowest BCUT2D eigenvalue weighted by Gasteiger charge is -2.08. The molecule has 0 saturated heterocycles. The lowest BCUT2D eigenvalue weighted by Crippen LogP contribution is -2.14. The highest BCUT2D eigenvalue weighted by Crippen LogP contribution is 2.22. The summed E-state index contributed by atoms with van der Waals surface area (Å²) in [5.74, 6) is -0.974. The number of hydrogen-bond donors (Lipinski definition) is 0. The molecule has 0 bridgehead atoms. The fourth-order valence-electron chi connectivity index (χ4n) is 1.77. The molecule has 0 heterocycles. The van der Waals surface area contributed by atoms with Gasteiger partial charge in [-0.25, -0.2) is 0 Å². The van der Waals surface area contributed by atoms with Gasteiger partial charge in [0.25, 0.3) is 0 Å². The van der Waals surface area contributed by atoms with Gasteiger partial charge in [0, 0.05) is 15.5 Å². The molecule has 5 nitrogen and oxygen atoms in total. The second-order valence-corrected chi connectivity index (χ2v) is 4.40. The lowest BCUT2D eigenvalue weighted by molar-refractivity contribution is -0.465. The summed E-state index contributed by atoms with van der Waals surface area (Å²) in [6.45, 7) is 1.84. The van der Waals surface area contributed by atoms with Crippen LogP contribution in [0.3, 0.4) is 0 Å². The Morgan fingerprint density at radius 1 is 1.16 bits per heavy atom. The summed E-state index contributed by atoms with van der Waals surface area (Å²) in [6.07, 6.45) is 0. The van der Waals surface area contributed by atoms with Gasteiger partial charge in [-0.15, -0.1) is 0 Å². The van der Waals surface area contributed by atoms with Crippen molar-refractivity contribution < 1.29 is 14.5 Å². The van der Waals surface area contributed by atoms with Gasteiger partial charge in [-0.2, -0.15) is 0 Å². The average Bonchev–Trinajstić information content (AvgIpc) is 2.27. The molecule has 1 aromatic carbocycles. The SMILES string of the molecule is CC(=O)C(C(C)=O)=C(C[N+](=O)[O-])c1ccc(Cl)cc1. The number of halogens is 1. The van der Waals surface area contributed by atoms with E-state index in [-0.39, 0.29) is 11.1 Å². The van der Waals surface area contributed by atoms with Crippen molar-refractivity contribution in [2.75, 3.05) is 6.54 Å². The van der Waals surface area contributed by atoms with Crippen LogP contribution in [0.5, 0.6) is 0 Å². The number of carbonyl (C=O) groups is 2. The molecule has 1 rings (SSSR count). The molecule has 0 unspecified atom stereocenters. The molecule has 0 aliphatic carbocycles. The average molecular weight is 282 g/mol. The highest BCUT2D eigenvalue weighted by molar-refractivity contribution is 6.30. The van der Waals surface area contributed by atoms with Gasteiger partial charge in [0.1, 0.15) is 0 Å². The molecule has 0 atom stereocenters. The van der Waals surface area contributed by atoms with E-state index in [2.05, 4.69) is 0 Å². The van der Waals surface area contributed by atoms with Gasteiger partial charge in [-0.05, 0) is 31.5 Å². The number of Topliss-reactive ketones (excluding diaryl/α,β-unsaturated/α-hetero) is 2. The van der Waals surface area contributed by atoms with Crippen LogP contribution in [-0.4, -0.2) is 23.0 Å². The number of ketones is 2. The quantitative estimate of drug-likeness (QED) is 0.273. The van der Waals surface area contributed by atoms with Crippen LogP contribution in [0.25, 0.3) is 5.57 Å². The van der Waals surface area contributed by atoms with E-state index in [0.717, 1.165) is 0 Å². The van der Waals surface area contributed by atoms with Crippen LogP contribution >= 0.6 is 11.6 Å². The molecular formula is C13H12ClNO4. The molecule has 0 aliphatic heterocycles. The number of hydrogen-bond acceptors (Lipinski definition) is 4. The molecule has 0 spiro atoms. The number of benzene rings is 1. The maximum atomic E-state index is 11.5. The predicted octanol–water partition coefficient (Wildman–Crippen LogP) is 2.55. The molecule has 0 amide bonds. The van der Waals surface area contributed by atoms with Crippen LogP contribution in [-0.2, 0) is 9.59 Å². The Morgan fingerprint density at radius 3 is 2.00 bits per heavy atom. The first kappa shape index (κ1) is 15.0. The third-order valence-corrected chi connectivity index (χ3v) is 2.74. The normalized spacial score (nSPS) is 9.84. The number of allylic oxidation sites excluding steroid dienone is 1. The Hall–Kier alpha value is -2.01. The zero-order chi connectivity index (χ0) is 14.6. The van der Waals surface area contributed by atoms with Gasteiger partial charge >= 0.3 is 0 Å². The summed E-state index contributed by atoms with van der Waals surface area (Å²) in [5, 5.41) is 11.2. The number of carbonyl (C=O) groups excluding carboxylic acids is 2. The van der Waals surface area contributed by atoms with E-state index < -0.39 is 23.0 Å². The first-order valence-electron chi connectivity index (χ1n) is 5.45. The molecule has 19 heavy (non-hydrogen) atoms. The second-order valence-electron chi connectivity index (χ2n) is 3.96. The number of rotatable bonds is 5. The molecule has 0 fully saturated rings. The summed E-state index contributed by atoms with van der Waals surface area (Å²) < 4.78 is 0. The molecular weight excluding hydrogens is 270 g/mol. The van der Waals surface area contributed by atoms with Crippen LogP contribution in [0.1, 0.15) is 19.4 Å². The highest BCUT2D eigenvalue weighted by atomic mass is 35.5. The highest BCUT2D eigenvalue weighted by Gasteiger charge is 2.21. The Kier molecular flexibility index (Phi) is 4.94. The van der Waals surface area contributed by atoms with Crippen molar-refractivity contribution in [1.82, 2.24) is 0 Å². The van der Waals surface area contributed by atoms with Crippen molar-refractivity contribution in [2.24, 2.45) is 0 Å². The fourth-order valence-corrected chi connectivity index (χ4v) is 1.89. The molecule has 0 aromatic heterocycles. The van der Waals surface area contributed by atoms with E-state index in [1.807, 2.05) is 0 Å². The van der Waals surface area contributed by atoms with Crippen LogP contribution in [0.4, 0.5) is 0 Å². The van der Waals surface area contributed by atoms with Crippen molar-refractivity contribution in [2.45, 2.75) is 13.8 Å². The predicted molar refractivity (Wildman–Crippen MR) is 71.6 cm³/mol. The third-order valence-electron chi connectivity index (χ3n) is 2.49. The topological polar surface area (TPSA) is 77.3 Å². The van der Waals surface area contributed by atoms with Crippen molar-refractivity contribution >= 4 is 28.7 Å². The minimum atomic E-state index is -0.587. The maximum Gasteiger partial charge on any atom is 0.230 e. The van der Waals surface area contributed by atoms with Gasteiger partial charge in [-0.1, -0.05) is 23.7 Å². The Balaban J connectivity index is 3.47. The smallest absolute Gasteiger partial charge is 0.230 e. The van der Waals surface area contributed by atoms with E-state index in [0.29, 0.717) is 10.6 Å². The van der Waals surface area contributed by atoms with Gasteiger partial charge in [-0.3, -0.25) is 19.7 Å². The molecule has 0 radical (unpaired) electrons. The standard InChI is InChI=1S/C13H12ClNO4/c1-8(16)13(9(2)17)12(7-15(18)19)10-3-5-11(14)6-4-10/h3-6H,7H2,1-2H3. The van der Waals surface area contributed by atoms with Crippen LogP contribution in [0, 0.1) is 10.1 Å². The van der Waals surface area contributed by atoms with E-state index in [9.17, 15) is 19.7 Å². The largest absolute Gasteiger partial charge is 0.294 e. The Bertz CT molecular complexity index is 545. The zero-order valence-corrected chi connectivity index (χ0v) is 11.2. The number of nitrogens with zero attached hydrogens (tertiary/aromatic N) is 1. The van der Waals surface area contributed by atoms with Crippen LogP contribution in [0.2, 0.25) is 5.02 Å². The first-order valence-corrected chi connectivity index (χ1v) is 5.83. The molecule has 0 saturated carbocycles. The first-order chi connectivity index (χ1) is 8.82. The van der Waals surface area contributed by atoms with E-state index in [1.165, 1.54) is 13.8 Å². The minimum Gasteiger partial charge on any atom is -0.294 e. The molecule has 1 aromatic rings. The second kappa shape index (κ2) is 6.24. The van der Waals surface area contributed by atoms with Crippen LogP contribution in [0.15, 0.2) is 29.8 Å². The molecule has 6 heteroatoms. The summed E-state index contributed by atoms with van der Waals surface area (Å²) >= 11 is 5.74. The Labute approximate surface area is 115 Å². The van der Waals surface area contributed by atoms with Crippen molar-refractivity contribution in [3.05, 3.63) is 50.5 Å². The minimum absolute atomic E-state index is 0.113. The van der Waals surface area contributed by atoms with Gasteiger partial charge < -0.3 is 0 Å². The van der Waals surface area contributed by atoms with Crippen molar-refractivity contribution in [3.8, 4) is 0 Å². The van der Waals surface area contributed by atoms with E-state index in [4.69, 9.17) is 11.6 Å². The molecule has 0 N–H and O–H groups in total.